The summed E-state index contributed by atoms with van der Waals surface area (Å²) in [6, 6.07) is 7.39. The summed E-state index contributed by atoms with van der Waals surface area (Å²) in [6.45, 7) is 1.34. The van der Waals surface area contributed by atoms with Crippen LogP contribution in [0.2, 0.25) is 0 Å². The molecular formula is C14H19F2NO. The summed E-state index contributed by atoms with van der Waals surface area (Å²) < 4.78 is 29.2. The molecule has 2 nitrogen and oxygen atoms in total. The van der Waals surface area contributed by atoms with Crippen molar-refractivity contribution in [3.63, 3.8) is 0 Å². The third-order valence-electron chi connectivity index (χ3n) is 3.44. The second kappa shape index (κ2) is 5.65. The Morgan fingerprint density at radius 1 is 1.22 bits per heavy atom. The van der Waals surface area contributed by atoms with Gasteiger partial charge in [-0.05, 0) is 38.7 Å². The number of rotatable bonds is 6. The molecule has 0 spiro atoms. The zero-order chi connectivity index (χ0) is 13.1. The van der Waals surface area contributed by atoms with Gasteiger partial charge in [-0.3, -0.25) is 0 Å². The molecule has 0 heterocycles. The predicted molar refractivity (Wildman–Crippen MR) is 66.8 cm³/mol. The van der Waals surface area contributed by atoms with Gasteiger partial charge >= 0.3 is 6.61 Å². The normalized spacial score (nSPS) is 18.7. The maximum absolute atomic E-state index is 12.3. The maximum atomic E-state index is 12.3. The Labute approximate surface area is 106 Å². The van der Waals surface area contributed by atoms with Crippen LogP contribution in [0.15, 0.2) is 24.3 Å². The number of hydrogen-bond donors (Lipinski definition) is 1. The standard InChI is InChI=1S/C14H19F2NO/c1-9(11-7-8-11)17-10(2)12-5-3-4-6-13(12)18-14(15)16/h3-6,9-11,14,17H,7-8H2,1-2H3. The molecule has 0 amide bonds. The summed E-state index contributed by atoms with van der Waals surface area (Å²) in [6.07, 6.45) is 2.52. The minimum absolute atomic E-state index is 0.00977. The first-order chi connectivity index (χ1) is 8.58. The van der Waals surface area contributed by atoms with Crippen molar-refractivity contribution < 1.29 is 13.5 Å². The summed E-state index contributed by atoms with van der Waals surface area (Å²) >= 11 is 0. The smallest absolute Gasteiger partial charge is 0.387 e. The first kappa shape index (κ1) is 13.3. The van der Waals surface area contributed by atoms with Gasteiger partial charge in [0.25, 0.3) is 0 Å². The predicted octanol–water partition coefficient (Wildman–Crippen LogP) is 3.74. The molecule has 100 valence electrons. The van der Waals surface area contributed by atoms with Gasteiger partial charge in [-0.25, -0.2) is 0 Å². The van der Waals surface area contributed by atoms with Crippen LogP contribution in [0.25, 0.3) is 0 Å². The van der Waals surface area contributed by atoms with Gasteiger partial charge in [-0.2, -0.15) is 8.78 Å². The Hall–Kier alpha value is -1.16. The molecule has 2 atom stereocenters. The molecule has 0 aromatic heterocycles. The summed E-state index contributed by atoms with van der Waals surface area (Å²) in [5.41, 5.74) is 0.783. The van der Waals surface area contributed by atoms with Crippen molar-refractivity contribution in [2.24, 2.45) is 5.92 Å². The molecule has 2 rings (SSSR count). The molecule has 0 saturated heterocycles. The van der Waals surface area contributed by atoms with E-state index in [0.717, 1.165) is 11.5 Å². The number of hydrogen-bond acceptors (Lipinski definition) is 2. The molecule has 1 aromatic rings. The van der Waals surface area contributed by atoms with Crippen LogP contribution in [0.3, 0.4) is 0 Å². The van der Waals surface area contributed by atoms with Crippen molar-refractivity contribution in [1.29, 1.82) is 0 Å². The molecule has 1 aliphatic carbocycles. The third kappa shape index (κ3) is 3.42. The van der Waals surface area contributed by atoms with E-state index in [9.17, 15) is 8.78 Å². The van der Waals surface area contributed by atoms with Crippen LogP contribution in [0.5, 0.6) is 5.75 Å². The zero-order valence-corrected chi connectivity index (χ0v) is 10.7. The SMILES string of the molecule is CC(NC(C)C1CC1)c1ccccc1OC(F)F. The number of para-hydroxylation sites is 1. The van der Waals surface area contributed by atoms with Crippen LogP contribution in [-0.4, -0.2) is 12.7 Å². The molecule has 1 fully saturated rings. The van der Waals surface area contributed by atoms with Crippen molar-refractivity contribution in [2.75, 3.05) is 0 Å². The van der Waals surface area contributed by atoms with Crippen LogP contribution in [0, 0.1) is 5.92 Å². The molecule has 1 aliphatic rings. The Balaban J connectivity index is 2.05. The summed E-state index contributed by atoms with van der Waals surface area (Å²) in [5.74, 6) is 0.992. The number of ether oxygens (including phenoxy) is 1. The second-order valence-electron chi connectivity index (χ2n) is 4.93. The van der Waals surface area contributed by atoms with E-state index < -0.39 is 6.61 Å². The monoisotopic (exact) mass is 255 g/mol. The Bertz CT molecular complexity index is 393. The van der Waals surface area contributed by atoms with Crippen molar-refractivity contribution in [1.82, 2.24) is 5.32 Å². The minimum atomic E-state index is -2.78. The fraction of sp³-hybridized carbons (Fsp3) is 0.571. The molecule has 18 heavy (non-hydrogen) atoms. The maximum Gasteiger partial charge on any atom is 0.387 e. The third-order valence-corrected chi connectivity index (χ3v) is 3.44. The highest BCUT2D eigenvalue weighted by Crippen LogP contribution is 2.34. The van der Waals surface area contributed by atoms with E-state index in [2.05, 4.69) is 17.0 Å². The average molecular weight is 255 g/mol. The second-order valence-corrected chi connectivity index (χ2v) is 4.93. The van der Waals surface area contributed by atoms with Crippen molar-refractivity contribution in [2.45, 2.75) is 45.4 Å². The van der Waals surface area contributed by atoms with Gasteiger partial charge < -0.3 is 10.1 Å². The van der Waals surface area contributed by atoms with E-state index in [1.807, 2.05) is 19.1 Å². The van der Waals surface area contributed by atoms with E-state index in [1.165, 1.54) is 12.8 Å². The van der Waals surface area contributed by atoms with Gasteiger partial charge in [-0.1, -0.05) is 18.2 Å². The molecule has 0 bridgehead atoms. The first-order valence-corrected chi connectivity index (χ1v) is 6.37. The van der Waals surface area contributed by atoms with Crippen molar-refractivity contribution >= 4 is 0 Å². The van der Waals surface area contributed by atoms with E-state index >= 15 is 0 Å². The largest absolute Gasteiger partial charge is 0.434 e. The molecule has 1 aromatic carbocycles. The average Bonchev–Trinajstić information content (AvgIpc) is 3.12. The fourth-order valence-electron chi connectivity index (χ4n) is 2.26. The van der Waals surface area contributed by atoms with Gasteiger partial charge in [0, 0.05) is 17.6 Å². The summed E-state index contributed by atoms with van der Waals surface area (Å²) in [5, 5.41) is 3.45. The number of alkyl halides is 2. The first-order valence-electron chi connectivity index (χ1n) is 6.37. The summed E-state index contributed by atoms with van der Waals surface area (Å²) in [7, 11) is 0. The highest BCUT2D eigenvalue weighted by molar-refractivity contribution is 5.35. The molecule has 4 heteroatoms. The van der Waals surface area contributed by atoms with E-state index in [4.69, 9.17) is 0 Å². The lowest BCUT2D eigenvalue weighted by Gasteiger charge is -2.22. The fourth-order valence-corrected chi connectivity index (χ4v) is 2.26. The number of halogens is 2. The van der Waals surface area contributed by atoms with Gasteiger partial charge in [0.15, 0.2) is 0 Å². The molecule has 0 radical (unpaired) electrons. The van der Waals surface area contributed by atoms with E-state index in [0.29, 0.717) is 6.04 Å². The van der Waals surface area contributed by atoms with Gasteiger partial charge in [0.05, 0.1) is 0 Å². The van der Waals surface area contributed by atoms with Crippen LogP contribution < -0.4 is 10.1 Å². The van der Waals surface area contributed by atoms with Gasteiger partial charge in [-0.15, -0.1) is 0 Å². The zero-order valence-electron chi connectivity index (χ0n) is 10.7. The van der Waals surface area contributed by atoms with Crippen molar-refractivity contribution in [3.05, 3.63) is 29.8 Å². The molecule has 1 N–H and O–H groups in total. The highest BCUT2D eigenvalue weighted by Gasteiger charge is 2.29. The van der Waals surface area contributed by atoms with E-state index in [-0.39, 0.29) is 11.8 Å². The Morgan fingerprint density at radius 2 is 1.89 bits per heavy atom. The Morgan fingerprint density at radius 3 is 2.50 bits per heavy atom. The lowest BCUT2D eigenvalue weighted by Crippen LogP contribution is -2.30. The number of nitrogens with one attached hydrogen (secondary N) is 1. The highest BCUT2D eigenvalue weighted by atomic mass is 19.3. The van der Waals surface area contributed by atoms with Crippen molar-refractivity contribution in [3.8, 4) is 5.75 Å². The van der Waals surface area contributed by atoms with Gasteiger partial charge in [0.1, 0.15) is 5.75 Å². The summed E-state index contributed by atoms with van der Waals surface area (Å²) in [4.78, 5) is 0. The quantitative estimate of drug-likeness (QED) is 0.836. The lowest BCUT2D eigenvalue weighted by atomic mass is 10.1. The molecule has 1 saturated carbocycles. The molecule has 0 aliphatic heterocycles. The lowest BCUT2D eigenvalue weighted by molar-refractivity contribution is -0.0506. The van der Waals surface area contributed by atoms with Crippen LogP contribution in [-0.2, 0) is 0 Å². The minimum Gasteiger partial charge on any atom is -0.434 e. The Kier molecular flexibility index (Phi) is 4.17. The van der Waals surface area contributed by atoms with Gasteiger partial charge in [0.2, 0.25) is 0 Å². The van der Waals surface area contributed by atoms with Crippen LogP contribution in [0.1, 0.15) is 38.3 Å². The van der Waals surface area contributed by atoms with Crippen LogP contribution >= 0.6 is 0 Å². The molecular weight excluding hydrogens is 236 g/mol. The van der Waals surface area contributed by atoms with E-state index in [1.54, 1.807) is 12.1 Å². The van der Waals surface area contributed by atoms with Crippen LogP contribution in [0.4, 0.5) is 8.78 Å². The number of benzene rings is 1. The topological polar surface area (TPSA) is 21.3 Å². The molecule has 2 unspecified atom stereocenters.